The molecule has 1 amide bonds. The van der Waals surface area contributed by atoms with Crippen molar-refractivity contribution in [1.29, 1.82) is 0 Å². The molecule has 3 fully saturated rings. The van der Waals surface area contributed by atoms with Gasteiger partial charge in [0.2, 0.25) is 0 Å². The van der Waals surface area contributed by atoms with E-state index in [0.29, 0.717) is 29.2 Å². The Bertz CT molecular complexity index is 4690. The molecule has 0 aromatic heterocycles. The smallest absolute Gasteiger partial charge is 0.407 e. The summed E-state index contributed by atoms with van der Waals surface area (Å²) in [6.07, 6.45) is 40.3. The average Bonchev–Trinajstić information content (AvgIpc) is 1.67. The maximum atomic E-state index is 12.1. The van der Waals surface area contributed by atoms with E-state index in [9.17, 15) is 47.6 Å². The van der Waals surface area contributed by atoms with Crippen LogP contribution >= 0.6 is 0 Å². The number of para-hydroxylation sites is 1. The second-order valence-corrected chi connectivity index (χ2v) is 56.4. The molecule has 137 heavy (non-hydrogen) atoms. The van der Waals surface area contributed by atoms with Gasteiger partial charge in [-0.1, -0.05) is 214 Å². The number of nitrogen functional groups attached to an aromatic ring is 1. The summed E-state index contributed by atoms with van der Waals surface area (Å²) < 4.78 is 121. The Morgan fingerprint density at radius 2 is 0.752 bits per heavy atom. The number of alkyl carbamates (subject to hydrolysis) is 1. The third kappa shape index (κ3) is 50.5. The number of rotatable bonds is 41. The van der Waals surface area contributed by atoms with E-state index in [1.165, 1.54) is 139 Å². The molecule has 5 unspecified atom stereocenters. The highest BCUT2D eigenvalue weighted by Gasteiger charge is 2.33. The number of morpholine rings is 1. The van der Waals surface area contributed by atoms with E-state index >= 15 is 0 Å². The molecule has 3 heterocycles. The molecule has 24 heteroatoms. The third-order valence-electron chi connectivity index (χ3n) is 25.5. The molecular formula is C113H186N6O13S5-2. The molecule has 2 saturated heterocycles. The summed E-state index contributed by atoms with van der Waals surface area (Å²) in [4.78, 5) is 19.2. The number of amides is 1. The predicted octanol–water partition coefficient (Wildman–Crippen LogP) is 26.5. The van der Waals surface area contributed by atoms with Gasteiger partial charge in [-0.3, -0.25) is 8.42 Å². The Hall–Kier alpha value is -6.22. The highest BCUT2D eigenvalue weighted by molar-refractivity contribution is 7.93. The zero-order valence-corrected chi connectivity index (χ0v) is 93.1. The van der Waals surface area contributed by atoms with Gasteiger partial charge in [0.25, 0.3) is 0 Å². The number of fused-ring (bicyclic) bond motifs is 1. The van der Waals surface area contributed by atoms with Gasteiger partial charge in [0.05, 0.1) is 43.7 Å². The monoisotopic (exact) mass is 2000 g/mol. The first kappa shape index (κ1) is 123. The predicted molar refractivity (Wildman–Crippen MR) is 584 cm³/mol. The van der Waals surface area contributed by atoms with Crippen molar-refractivity contribution in [1.82, 2.24) is 5.32 Å². The van der Waals surface area contributed by atoms with E-state index in [1.54, 1.807) is 104 Å². The number of nitrogens with one attached hydrogen (secondary N) is 1. The number of nitrogens with zero attached hydrogens (tertiary/aromatic N) is 3. The fraction of sp³-hybridized carbons (Fsp3) is 0.673. The molecule has 1 aliphatic carbocycles. The fourth-order valence-electron chi connectivity index (χ4n) is 16.4. The average molecular weight is 2000 g/mol. The summed E-state index contributed by atoms with van der Waals surface area (Å²) in [5.74, 6) is 1.42. The van der Waals surface area contributed by atoms with Crippen molar-refractivity contribution in [2.45, 2.75) is 437 Å². The standard InChI is InChI=1S/C27H45NO4S.C25H35NO2S.C23H39NO3S.C17H28N2.C13H21N.2C4H10O2S/c1-26(2,3)32-25(29)28-24-18-17-23(20-24)22-15-13-21(14-16-22)12-10-8-7-9-11-19-33(30,31)27(4,5)6;1-25(2,3)29(27,28)20-10-6-4-5-7-11-21-14-16-23(17-15-21)26-19-18-22-12-8-9-13-24(22)26;1-19-17-24(18-20(2)27-19)22-14-12-21(13-15-22)11-9-7-6-8-10-16-28(25,26)23(3,4)5;1-2-3-4-5-6-7-15-8-10-17(11-9-15)19-13-12-16(18)14-19;1-2-3-4-5-6-7-12-8-10-13(14)11-9-12;2*1-4(2,3)7(5)6/h13-16,23-24H,7-12,17-20H2,1-6H3,(H,28,29);8-9,12-17H,4-7,10-11,18-20H2,1-3H3;12-15,19-20H,6-11,16-18H2,1-5H3;8-11,16H,2-7,12-14,18H2,1H3;8-11H,2-7,14H2,1H3;2*1-3H3,(H,5,6)/p-2/t;;19-,20+;;;;. The lowest BCUT2D eigenvalue weighted by molar-refractivity contribution is -0.00523. The van der Waals surface area contributed by atoms with Crippen molar-refractivity contribution in [3.05, 3.63) is 185 Å². The van der Waals surface area contributed by atoms with E-state index < -0.39 is 81.0 Å². The molecule has 778 valence electrons. The minimum absolute atomic E-state index is 0.183. The fourth-order valence-corrected chi connectivity index (χ4v) is 20.0. The second kappa shape index (κ2) is 61.7. The first-order valence-electron chi connectivity index (χ1n) is 52.0. The van der Waals surface area contributed by atoms with Crippen molar-refractivity contribution in [2.75, 3.05) is 70.4 Å². The first-order valence-corrected chi connectivity index (χ1v) is 59.1. The number of ether oxygens (including phenoxy) is 2. The summed E-state index contributed by atoms with van der Waals surface area (Å²) in [7, 11) is -8.92. The van der Waals surface area contributed by atoms with E-state index in [2.05, 4.69) is 181 Å². The lowest BCUT2D eigenvalue weighted by atomic mass is 9.95. The minimum Gasteiger partial charge on any atom is -0.772 e. The van der Waals surface area contributed by atoms with Crippen LogP contribution in [0.1, 0.15) is 383 Å². The lowest BCUT2D eigenvalue weighted by Gasteiger charge is -2.36. The maximum absolute atomic E-state index is 12.1. The van der Waals surface area contributed by atoms with Gasteiger partial charge in [0, 0.05) is 82.7 Å². The van der Waals surface area contributed by atoms with Gasteiger partial charge in [-0.05, 0) is 376 Å². The van der Waals surface area contributed by atoms with Crippen molar-refractivity contribution in [2.24, 2.45) is 5.73 Å². The van der Waals surface area contributed by atoms with E-state index in [0.717, 1.165) is 186 Å². The Balaban J connectivity index is 0.000000352. The molecule has 6 aromatic carbocycles. The van der Waals surface area contributed by atoms with Crippen LogP contribution in [0.4, 0.5) is 33.2 Å². The van der Waals surface area contributed by atoms with Crippen LogP contribution in [0.3, 0.4) is 0 Å². The van der Waals surface area contributed by atoms with Crippen molar-refractivity contribution < 1.29 is 57.0 Å². The summed E-state index contributed by atoms with van der Waals surface area (Å²) >= 11 is -3.87. The minimum atomic E-state index is -2.99. The molecule has 3 aliphatic heterocycles. The number of hydrogen-bond acceptors (Lipinski definition) is 18. The molecule has 10 rings (SSSR count). The number of hydrogen-bond donors (Lipinski definition) is 3. The van der Waals surface area contributed by atoms with Crippen LogP contribution in [0, 0.1) is 0 Å². The van der Waals surface area contributed by atoms with Crippen LogP contribution in [0.2, 0.25) is 0 Å². The van der Waals surface area contributed by atoms with E-state index in [1.807, 2.05) is 32.9 Å². The quantitative estimate of drug-likeness (QED) is 0.0183. The van der Waals surface area contributed by atoms with Gasteiger partial charge in [-0.25, -0.2) is 30.0 Å². The molecule has 6 aromatic rings. The highest BCUT2D eigenvalue weighted by atomic mass is 32.2. The zero-order chi connectivity index (χ0) is 102. The third-order valence-corrected chi connectivity index (χ3v) is 35.6. The van der Waals surface area contributed by atoms with Crippen LogP contribution in [-0.2, 0) is 99.7 Å². The summed E-state index contributed by atoms with van der Waals surface area (Å²) in [6.45, 7) is 45.5. The molecule has 19 nitrogen and oxygen atoms in total. The van der Waals surface area contributed by atoms with Crippen molar-refractivity contribution >= 4 is 86.2 Å². The van der Waals surface area contributed by atoms with Crippen LogP contribution in [-0.4, -0.2) is 152 Å². The molecule has 0 spiro atoms. The molecule has 0 radical (unpaired) electrons. The Morgan fingerprint density at radius 3 is 1.09 bits per heavy atom. The Labute approximate surface area is 839 Å². The number of anilines is 5. The number of benzene rings is 6. The normalized spacial score (nSPS) is 17.4. The van der Waals surface area contributed by atoms with E-state index in [-0.39, 0.29) is 24.3 Å². The van der Waals surface area contributed by atoms with Crippen LogP contribution in [0.5, 0.6) is 0 Å². The number of nitrogens with two attached hydrogens (primary N) is 2. The lowest BCUT2D eigenvalue weighted by Crippen LogP contribution is -2.45. The molecule has 0 bridgehead atoms. The summed E-state index contributed by atoms with van der Waals surface area (Å²) in [5, 5.41) is 3.02. The summed E-state index contributed by atoms with van der Waals surface area (Å²) in [6, 6.07) is 53.5. The number of aryl methyl sites for hydroxylation is 5. The van der Waals surface area contributed by atoms with Crippen LogP contribution in [0.25, 0.3) is 0 Å². The largest absolute Gasteiger partial charge is 0.772 e. The van der Waals surface area contributed by atoms with Crippen molar-refractivity contribution in [3.63, 3.8) is 0 Å². The number of unbranched alkanes of at least 4 members (excludes halogenated alkanes) is 20. The molecular weight excluding hydrogens is 1810 g/mol. The second-order valence-electron chi connectivity index (χ2n) is 44.4. The maximum Gasteiger partial charge on any atom is 0.407 e. The highest BCUT2D eigenvalue weighted by Crippen LogP contribution is 2.37. The Kier molecular flexibility index (Phi) is 55.4. The summed E-state index contributed by atoms with van der Waals surface area (Å²) in [5.41, 5.74) is 27.0. The molecule has 7 atom stereocenters. The van der Waals surface area contributed by atoms with Crippen LogP contribution in [0.15, 0.2) is 146 Å². The zero-order valence-electron chi connectivity index (χ0n) is 89.0. The molecule has 1 saturated carbocycles. The van der Waals surface area contributed by atoms with Crippen LogP contribution < -0.4 is 31.5 Å². The first-order chi connectivity index (χ1) is 64.1. The molecule has 4 aliphatic rings. The number of carbonyl (C=O) groups is 1. The Morgan fingerprint density at radius 1 is 0.423 bits per heavy atom. The SMILES string of the molecule is CC(C)(C)OC(=O)NC1CCC(c2ccc(CCCCCCCS(=O)(=O)C(C)(C)C)cc2)C1.CC(C)(C)S(=O)(=O)CCCCCCCc1ccc(N2CCc3ccccc32)cc1.CC(C)(C)S(=O)[O-].CC(C)(C)S(=O)[O-].CCCCCCCc1ccc(N)cc1.CCCCCCCc1ccc(N2CCC(N)C2)cc1.C[C@@H]1CN(c2ccc(CCCCCCCS(=O)(=O)C(C)(C)C)cc2)C[C@H](C)O1. The van der Waals surface area contributed by atoms with Gasteiger partial charge >= 0.3 is 6.09 Å². The number of sulfone groups is 3. The van der Waals surface area contributed by atoms with Crippen molar-refractivity contribution in [3.8, 4) is 0 Å². The van der Waals surface area contributed by atoms with Gasteiger partial charge in [0.15, 0.2) is 29.5 Å². The van der Waals surface area contributed by atoms with Gasteiger partial charge < -0.3 is 50.1 Å². The van der Waals surface area contributed by atoms with E-state index in [4.69, 9.17) is 20.9 Å². The van der Waals surface area contributed by atoms with Gasteiger partial charge in [-0.2, -0.15) is 0 Å². The topological polar surface area (TPSA) is 292 Å². The van der Waals surface area contributed by atoms with Gasteiger partial charge in [0.1, 0.15) is 5.60 Å². The number of carbonyl (C=O) groups excluding carboxylic acids is 1. The molecule has 5 N–H and O–H groups in total. The van der Waals surface area contributed by atoms with Gasteiger partial charge in [-0.15, -0.1) is 0 Å².